The van der Waals surface area contributed by atoms with E-state index in [9.17, 15) is 23.1 Å². The number of rotatable bonds is 8. The highest BCUT2D eigenvalue weighted by atomic mass is 19.4. The lowest BCUT2D eigenvalue weighted by atomic mass is 9.93. The average molecular weight is 509 g/mol. The van der Waals surface area contributed by atoms with Crippen molar-refractivity contribution >= 4 is 22.8 Å². The number of primary amides is 1. The van der Waals surface area contributed by atoms with E-state index in [1.165, 1.54) is 24.7 Å². The fourth-order valence-electron chi connectivity index (χ4n) is 4.67. The van der Waals surface area contributed by atoms with E-state index in [4.69, 9.17) is 5.73 Å². The van der Waals surface area contributed by atoms with Gasteiger partial charge in [0.2, 0.25) is 5.91 Å². The summed E-state index contributed by atoms with van der Waals surface area (Å²) in [5, 5.41) is 10.8. The first kappa shape index (κ1) is 25.8. The molecule has 8 nitrogen and oxygen atoms in total. The molecule has 12 heteroatoms. The Bertz CT molecular complexity index is 1210. The maximum Gasteiger partial charge on any atom is 0.416 e. The van der Waals surface area contributed by atoms with Crippen LogP contribution in [0.2, 0.25) is 0 Å². The molecular weight excluding hydrogens is 480 g/mol. The Morgan fingerprint density at radius 1 is 1.25 bits per heavy atom. The van der Waals surface area contributed by atoms with Crippen molar-refractivity contribution in [2.24, 2.45) is 11.7 Å². The molecule has 3 N–H and O–H groups in total. The summed E-state index contributed by atoms with van der Waals surface area (Å²) in [5.74, 6) is -0.806. The molecule has 1 saturated heterocycles. The van der Waals surface area contributed by atoms with E-state index < -0.39 is 29.6 Å². The van der Waals surface area contributed by atoms with Crippen molar-refractivity contribution < 1.29 is 27.5 Å². The molecule has 1 aliphatic rings. The number of aromatic nitrogens is 3. The van der Waals surface area contributed by atoms with Crippen LogP contribution in [-0.4, -0.2) is 62.7 Å². The normalized spacial score (nSPS) is 19.1. The fraction of sp³-hybridized carbons (Fsp3) is 0.458. The Hall–Kier alpha value is -3.25. The summed E-state index contributed by atoms with van der Waals surface area (Å²) in [5.41, 5.74) is 5.51. The molecule has 0 spiro atoms. The third kappa shape index (κ3) is 5.59. The largest absolute Gasteiger partial charge is 0.416 e. The maximum absolute atomic E-state index is 15.2. The van der Waals surface area contributed by atoms with Gasteiger partial charge in [0, 0.05) is 38.3 Å². The smallest absolute Gasteiger partial charge is 0.391 e. The summed E-state index contributed by atoms with van der Waals surface area (Å²) < 4.78 is 55.5. The number of hydrogen-bond acceptors (Lipinski definition) is 6. The summed E-state index contributed by atoms with van der Waals surface area (Å²) in [6, 6.07) is 4.85. The number of alkyl halides is 3. The van der Waals surface area contributed by atoms with Crippen molar-refractivity contribution in [1.29, 1.82) is 0 Å². The zero-order chi connectivity index (χ0) is 26.0. The van der Waals surface area contributed by atoms with Crippen molar-refractivity contribution in [3.05, 3.63) is 53.7 Å². The molecule has 2 atom stereocenters. The molecule has 2 aromatic heterocycles. The number of likely N-dealkylation sites (tertiary alicyclic amines) is 1. The van der Waals surface area contributed by atoms with Crippen LogP contribution in [0.3, 0.4) is 0 Å². The summed E-state index contributed by atoms with van der Waals surface area (Å²) in [6.45, 7) is 3.82. The number of carbonyl (C=O) groups is 1. The van der Waals surface area contributed by atoms with Gasteiger partial charge in [0.05, 0.1) is 23.6 Å². The van der Waals surface area contributed by atoms with Gasteiger partial charge in [-0.1, -0.05) is 12.1 Å². The highest BCUT2D eigenvalue weighted by Crippen LogP contribution is 2.32. The number of fused-ring (bicyclic) bond motifs is 1. The molecule has 4 rings (SSSR count). The highest BCUT2D eigenvalue weighted by Gasteiger charge is 2.31. The molecule has 1 aliphatic heterocycles. The van der Waals surface area contributed by atoms with Crippen molar-refractivity contribution in [2.45, 2.75) is 38.7 Å². The first-order valence-electron chi connectivity index (χ1n) is 11.7. The number of anilines is 1. The zero-order valence-corrected chi connectivity index (χ0v) is 19.7. The molecule has 0 unspecified atom stereocenters. The molecule has 36 heavy (non-hydrogen) atoms. The third-order valence-electron chi connectivity index (χ3n) is 6.54. The molecule has 1 amide bonds. The quantitative estimate of drug-likeness (QED) is 0.454. The Kier molecular flexibility index (Phi) is 7.46. The van der Waals surface area contributed by atoms with Crippen LogP contribution in [0.1, 0.15) is 24.5 Å². The van der Waals surface area contributed by atoms with Gasteiger partial charge in [-0.05, 0) is 37.6 Å². The van der Waals surface area contributed by atoms with Gasteiger partial charge in [0.25, 0.3) is 0 Å². The zero-order valence-electron chi connectivity index (χ0n) is 19.7. The van der Waals surface area contributed by atoms with E-state index in [1.54, 1.807) is 14.4 Å². The molecule has 0 saturated carbocycles. The first-order chi connectivity index (χ1) is 17.1. The first-order valence-corrected chi connectivity index (χ1v) is 11.7. The molecule has 3 heterocycles. The third-order valence-corrected chi connectivity index (χ3v) is 6.54. The number of benzene rings is 1. The minimum Gasteiger partial charge on any atom is -0.391 e. The van der Waals surface area contributed by atoms with Crippen LogP contribution in [0, 0.1) is 11.7 Å². The monoisotopic (exact) mass is 508 g/mol. The van der Waals surface area contributed by atoms with E-state index in [0.717, 1.165) is 12.1 Å². The van der Waals surface area contributed by atoms with Crippen LogP contribution in [-0.2, 0) is 24.1 Å². The number of aliphatic hydroxyl groups is 1. The maximum atomic E-state index is 15.2. The predicted molar refractivity (Wildman–Crippen MR) is 125 cm³/mol. The molecule has 0 aliphatic carbocycles. The van der Waals surface area contributed by atoms with Crippen molar-refractivity contribution in [1.82, 2.24) is 19.4 Å². The summed E-state index contributed by atoms with van der Waals surface area (Å²) >= 11 is 0. The number of piperidine rings is 1. The van der Waals surface area contributed by atoms with Crippen molar-refractivity contribution in [2.75, 3.05) is 31.1 Å². The number of β-amino-alcohol motifs (C(OH)–C–C–N with tert-alkyl or cyclic N) is 1. The van der Waals surface area contributed by atoms with Crippen LogP contribution >= 0.6 is 0 Å². The number of nitrogens with two attached hydrogens (primary N) is 1. The van der Waals surface area contributed by atoms with Crippen molar-refractivity contribution in [3.63, 3.8) is 0 Å². The Labute approximate surface area is 205 Å². The van der Waals surface area contributed by atoms with Gasteiger partial charge in [0.1, 0.15) is 17.8 Å². The summed E-state index contributed by atoms with van der Waals surface area (Å²) in [7, 11) is 0. The summed E-state index contributed by atoms with van der Waals surface area (Å²) in [6.07, 6.45) is -1.87. The lowest BCUT2D eigenvalue weighted by Crippen LogP contribution is -2.47. The number of aliphatic hydroxyl groups excluding tert-OH is 1. The van der Waals surface area contributed by atoms with E-state index in [1.807, 2.05) is 6.92 Å². The topological polar surface area (TPSA) is 101 Å². The van der Waals surface area contributed by atoms with Crippen LogP contribution in [0.25, 0.3) is 11.0 Å². The average Bonchev–Trinajstić information content (AvgIpc) is 3.14. The van der Waals surface area contributed by atoms with E-state index in [0.29, 0.717) is 49.6 Å². The second-order valence-corrected chi connectivity index (χ2v) is 9.05. The van der Waals surface area contributed by atoms with Gasteiger partial charge in [0.15, 0.2) is 5.82 Å². The molecule has 0 radical (unpaired) electrons. The van der Waals surface area contributed by atoms with Crippen LogP contribution in [0.15, 0.2) is 36.8 Å². The molecule has 194 valence electrons. The standard InChI is InChI=1S/C24H28F4N6O2/c1-2-33(9-15-3-5-17(6-4-15)24(26,27)28)22-21-18(25)11-34(23(21)31-14-30-22)10-16-7-8-32(12-19(16)35)13-20(29)36/h3-6,11,14,16,19,35H,2,7-10,12-13H2,1H3,(H2,29,36)/t16-,19+/m1/s1. The highest BCUT2D eigenvalue weighted by molar-refractivity contribution is 5.88. The lowest BCUT2D eigenvalue weighted by molar-refractivity contribution is -0.137. The number of nitrogens with zero attached hydrogens (tertiary/aromatic N) is 5. The second-order valence-electron chi connectivity index (χ2n) is 9.05. The summed E-state index contributed by atoms with van der Waals surface area (Å²) in [4.78, 5) is 23.3. The number of carbonyl (C=O) groups excluding carboxylic acids is 1. The molecular formula is C24H28F4N6O2. The van der Waals surface area contributed by atoms with Gasteiger partial charge in [-0.15, -0.1) is 0 Å². The molecule has 3 aromatic rings. The van der Waals surface area contributed by atoms with E-state index in [2.05, 4.69) is 9.97 Å². The van der Waals surface area contributed by atoms with Gasteiger partial charge < -0.3 is 20.3 Å². The van der Waals surface area contributed by atoms with Gasteiger partial charge >= 0.3 is 6.18 Å². The van der Waals surface area contributed by atoms with Crippen LogP contribution < -0.4 is 10.6 Å². The number of hydrogen-bond donors (Lipinski definition) is 2. The SMILES string of the molecule is CCN(Cc1ccc(C(F)(F)F)cc1)c1ncnc2c1c(F)cn2C[C@H]1CCN(CC(N)=O)C[C@@H]1O. The Balaban J connectivity index is 1.55. The van der Waals surface area contributed by atoms with Crippen molar-refractivity contribution in [3.8, 4) is 0 Å². The van der Waals surface area contributed by atoms with Gasteiger partial charge in [-0.2, -0.15) is 13.2 Å². The predicted octanol–water partition coefficient (Wildman–Crippen LogP) is 2.78. The van der Waals surface area contributed by atoms with Crippen LogP contribution in [0.4, 0.5) is 23.4 Å². The Morgan fingerprint density at radius 3 is 2.58 bits per heavy atom. The fourth-order valence-corrected chi connectivity index (χ4v) is 4.67. The van der Waals surface area contributed by atoms with E-state index in [-0.39, 0.29) is 24.4 Å². The van der Waals surface area contributed by atoms with Gasteiger partial charge in [-0.25, -0.2) is 14.4 Å². The second kappa shape index (κ2) is 10.4. The minimum atomic E-state index is -4.42. The molecule has 1 fully saturated rings. The minimum absolute atomic E-state index is 0.0766. The molecule has 1 aromatic carbocycles. The van der Waals surface area contributed by atoms with E-state index >= 15 is 4.39 Å². The Morgan fingerprint density at radius 2 is 1.97 bits per heavy atom. The van der Waals surface area contributed by atoms with Crippen LogP contribution in [0.5, 0.6) is 0 Å². The lowest BCUT2D eigenvalue weighted by Gasteiger charge is -2.35. The number of amides is 1. The molecule has 0 bridgehead atoms. The number of halogens is 4. The van der Waals surface area contributed by atoms with Gasteiger partial charge in [-0.3, -0.25) is 9.69 Å².